The maximum atomic E-state index is 5.61. The zero-order valence-electron chi connectivity index (χ0n) is 22.4. The molecule has 0 amide bonds. The highest BCUT2D eigenvalue weighted by atomic mass is 32.1. The van der Waals surface area contributed by atoms with E-state index in [9.17, 15) is 0 Å². The van der Waals surface area contributed by atoms with Crippen molar-refractivity contribution in [2.75, 3.05) is 111 Å². The lowest BCUT2D eigenvalue weighted by molar-refractivity contribution is -0.0228. The van der Waals surface area contributed by atoms with E-state index < -0.39 is 0 Å². The van der Waals surface area contributed by atoms with Crippen molar-refractivity contribution in [3.63, 3.8) is 0 Å². The van der Waals surface area contributed by atoms with Crippen molar-refractivity contribution in [2.24, 2.45) is 0 Å². The van der Waals surface area contributed by atoms with Gasteiger partial charge in [-0.1, -0.05) is 51.9 Å². The fraction of sp³-hybridized carbons (Fsp3) is 1.00. The third kappa shape index (κ3) is 34.0. The molecule has 0 saturated carbocycles. The summed E-state index contributed by atoms with van der Waals surface area (Å²) in [6.07, 6.45) is 10.6. The first-order valence-electron chi connectivity index (χ1n) is 13.6. The summed E-state index contributed by atoms with van der Waals surface area (Å²) in [7, 11) is 0. The average Bonchev–Trinajstić information content (AvgIpc) is 2.87. The van der Waals surface area contributed by atoms with Gasteiger partial charge in [0.15, 0.2) is 0 Å². The van der Waals surface area contributed by atoms with Gasteiger partial charge in [-0.25, -0.2) is 0 Å². The van der Waals surface area contributed by atoms with Gasteiger partial charge in [0.25, 0.3) is 0 Å². The largest absolute Gasteiger partial charge is 0.379 e. The Hall–Kier alpha value is 0.0300. The summed E-state index contributed by atoms with van der Waals surface area (Å²) in [4.78, 5) is 0. The third-order valence-corrected chi connectivity index (χ3v) is 5.16. The van der Waals surface area contributed by atoms with Crippen molar-refractivity contribution in [1.82, 2.24) is 0 Å². The predicted molar refractivity (Wildman–Crippen MR) is 143 cm³/mol. The number of hydrogen-bond acceptors (Lipinski definition) is 9. The second-order valence-electron chi connectivity index (χ2n) is 8.10. The van der Waals surface area contributed by atoms with Gasteiger partial charge in [0.2, 0.25) is 0 Å². The fourth-order valence-electron chi connectivity index (χ4n) is 3.04. The molecule has 0 aliphatic heterocycles. The summed E-state index contributed by atoms with van der Waals surface area (Å²) in [6.45, 7) is 11.8. The standard InChI is InChI=1S/C26H54O8S/c1-2-3-4-5-6-7-8-9-10-27-11-12-28-13-14-29-15-16-30-17-18-31-19-20-32-21-22-33-23-24-34-25-26-35/h35H,2-26H2,1H3. The molecule has 0 aromatic carbocycles. The summed E-state index contributed by atoms with van der Waals surface area (Å²) < 4.78 is 43.6. The molecule has 0 rings (SSSR count). The fourth-order valence-corrected chi connectivity index (χ4v) is 3.17. The van der Waals surface area contributed by atoms with Crippen LogP contribution >= 0.6 is 12.6 Å². The van der Waals surface area contributed by atoms with Gasteiger partial charge in [0.05, 0.1) is 99.1 Å². The highest BCUT2D eigenvalue weighted by Gasteiger charge is 1.96. The molecule has 0 spiro atoms. The van der Waals surface area contributed by atoms with E-state index in [1.54, 1.807) is 0 Å². The van der Waals surface area contributed by atoms with Crippen molar-refractivity contribution < 1.29 is 37.9 Å². The molecule has 0 atom stereocenters. The minimum atomic E-state index is 0.546. The van der Waals surface area contributed by atoms with Gasteiger partial charge in [-0.3, -0.25) is 0 Å². The number of thiol groups is 1. The van der Waals surface area contributed by atoms with Crippen LogP contribution in [0.3, 0.4) is 0 Å². The Kier molecular flexibility index (Phi) is 34.1. The van der Waals surface area contributed by atoms with E-state index in [0.717, 1.165) is 18.8 Å². The molecular formula is C26H54O8S. The van der Waals surface area contributed by atoms with Crippen LogP contribution in [0.25, 0.3) is 0 Å². The van der Waals surface area contributed by atoms with Gasteiger partial charge >= 0.3 is 0 Å². The van der Waals surface area contributed by atoms with Gasteiger partial charge in [0, 0.05) is 12.4 Å². The third-order valence-electron chi connectivity index (χ3n) is 4.98. The maximum Gasteiger partial charge on any atom is 0.0701 e. The number of ether oxygens (including phenoxy) is 8. The van der Waals surface area contributed by atoms with Crippen LogP contribution in [-0.2, 0) is 37.9 Å². The Morgan fingerprint density at radius 3 is 0.886 bits per heavy atom. The van der Waals surface area contributed by atoms with Crippen LogP contribution < -0.4 is 0 Å². The number of rotatable bonds is 32. The van der Waals surface area contributed by atoms with Crippen LogP contribution in [0.15, 0.2) is 0 Å². The average molecular weight is 527 g/mol. The van der Waals surface area contributed by atoms with Gasteiger partial charge in [0.1, 0.15) is 0 Å². The summed E-state index contributed by atoms with van der Waals surface area (Å²) in [5, 5.41) is 0. The van der Waals surface area contributed by atoms with Crippen molar-refractivity contribution in [3.8, 4) is 0 Å². The molecule has 0 aromatic rings. The van der Waals surface area contributed by atoms with Gasteiger partial charge in [-0.15, -0.1) is 0 Å². The molecule has 212 valence electrons. The first kappa shape index (κ1) is 35.0. The quantitative estimate of drug-likeness (QED) is 0.103. The molecule has 9 heteroatoms. The van der Waals surface area contributed by atoms with E-state index in [2.05, 4.69) is 19.6 Å². The first-order valence-corrected chi connectivity index (χ1v) is 14.3. The molecule has 0 unspecified atom stereocenters. The molecule has 0 saturated heterocycles. The van der Waals surface area contributed by atoms with E-state index in [0.29, 0.717) is 99.1 Å². The summed E-state index contributed by atoms with van der Waals surface area (Å²) in [5.41, 5.74) is 0. The molecule has 0 heterocycles. The summed E-state index contributed by atoms with van der Waals surface area (Å²) in [6, 6.07) is 0. The second-order valence-corrected chi connectivity index (χ2v) is 8.54. The molecule has 0 aromatic heterocycles. The van der Waals surface area contributed by atoms with Crippen LogP contribution in [0.5, 0.6) is 0 Å². The Labute approximate surface area is 220 Å². The van der Waals surface area contributed by atoms with E-state index in [1.165, 1.54) is 44.9 Å². The van der Waals surface area contributed by atoms with Gasteiger partial charge < -0.3 is 37.9 Å². The van der Waals surface area contributed by atoms with Crippen molar-refractivity contribution in [3.05, 3.63) is 0 Å². The van der Waals surface area contributed by atoms with E-state index >= 15 is 0 Å². The Bertz CT molecular complexity index is 334. The molecular weight excluding hydrogens is 472 g/mol. The van der Waals surface area contributed by atoms with Crippen molar-refractivity contribution in [1.29, 1.82) is 0 Å². The lowest BCUT2D eigenvalue weighted by Gasteiger charge is -2.08. The highest BCUT2D eigenvalue weighted by molar-refractivity contribution is 7.80. The summed E-state index contributed by atoms with van der Waals surface area (Å²) >= 11 is 4.07. The van der Waals surface area contributed by atoms with Crippen LogP contribution in [0.2, 0.25) is 0 Å². The van der Waals surface area contributed by atoms with E-state index in [-0.39, 0.29) is 0 Å². The van der Waals surface area contributed by atoms with Crippen LogP contribution in [0.1, 0.15) is 58.3 Å². The second kappa shape index (κ2) is 34.0. The molecule has 0 radical (unpaired) electrons. The van der Waals surface area contributed by atoms with E-state index in [4.69, 9.17) is 37.9 Å². The number of hydrogen-bond donors (Lipinski definition) is 1. The minimum Gasteiger partial charge on any atom is -0.379 e. The molecule has 0 aliphatic carbocycles. The van der Waals surface area contributed by atoms with Crippen LogP contribution in [0, 0.1) is 0 Å². The number of unbranched alkanes of at least 4 members (excludes halogenated alkanes) is 7. The van der Waals surface area contributed by atoms with Gasteiger partial charge in [-0.2, -0.15) is 12.6 Å². The summed E-state index contributed by atoms with van der Waals surface area (Å²) in [5.74, 6) is 0.730. The van der Waals surface area contributed by atoms with E-state index in [1.807, 2.05) is 0 Å². The molecule has 0 N–H and O–H groups in total. The van der Waals surface area contributed by atoms with Crippen LogP contribution in [-0.4, -0.2) is 111 Å². The van der Waals surface area contributed by atoms with Gasteiger partial charge in [-0.05, 0) is 6.42 Å². The normalized spacial score (nSPS) is 11.5. The molecule has 35 heavy (non-hydrogen) atoms. The zero-order chi connectivity index (χ0) is 25.3. The SMILES string of the molecule is CCCCCCCCCCOCCOCCOCCOCCOCCOCCOCCOCCS. The topological polar surface area (TPSA) is 73.8 Å². The van der Waals surface area contributed by atoms with Crippen molar-refractivity contribution in [2.45, 2.75) is 58.3 Å². The lowest BCUT2D eigenvalue weighted by atomic mass is 10.1. The molecule has 0 bridgehead atoms. The van der Waals surface area contributed by atoms with Crippen LogP contribution in [0.4, 0.5) is 0 Å². The minimum absolute atomic E-state index is 0.546. The zero-order valence-corrected chi connectivity index (χ0v) is 23.3. The Balaban J connectivity index is 3.00. The molecule has 0 aliphatic rings. The van der Waals surface area contributed by atoms with Crippen molar-refractivity contribution >= 4 is 12.6 Å². The predicted octanol–water partition coefficient (Wildman–Crippen LogP) is 4.19. The Morgan fingerprint density at radius 2 is 0.571 bits per heavy atom. The Morgan fingerprint density at radius 1 is 0.314 bits per heavy atom. The smallest absolute Gasteiger partial charge is 0.0701 e. The first-order chi connectivity index (χ1) is 17.4. The maximum absolute atomic E-state index is 5.61. The lowest BCUT2D eigenvalue weighted by Crippen LogP contribution is -2.15. The highest BCUT2D eigenvalue weighted by Crippen LogP contribution is 2.08. The molecule has 8 nitrogen and oxygen atoms in total. The monoisotopic (exact) mass is 526 g/mol. The molecule has 0 fully saturated rings.